The predicted molar refractivity (Wildman–Crippen MR) is 62.6 cm³/mol. The van der Waals surface area contributed by atoms with Crippen LogP contribution in [-0.2, 0) is 6.42 Å². The fraction of sp³-hybridized carbons (Fsp3) is 0.615. The molecule has 0 radical (unpaired) electrons. The number of hydrogen-bond donors (Lipinski definition) is 1. The van der Waals surface area contributed by atoms with Gasteiger partial charge in [-0.15, -0.1) is 0 Å². The van der Waals surface area contributed by atoms with Gasteiger partial charge in [0.15, 0.2) is 0 Å². The first kappa shape index (κ1) is 12.2. The van der Waals surface area contributed by atoms with Crippen molar-refractivity contribution < 1.29 is 5.11 Å². The van der Waals surface area contributed by atoms with E-state index in [0.717, 1.165) is 30.5 Å². The molecule has 0 bridgehead atoms. The Morgan fingerprint density at radius 3 is 2.73 bits per heavy atom. The van der Waals surface area contributed by atoms with Crippen LogP contribution in [0.3, 0.4) is 0 Å². The van der Waals surface area contributed by atoms with Gasteiger partial charge in [-0.3, -0.25) is 4.98 Å². The molecule has 84 valence electrons. The lowest BCUT2D eigenvalue weighted by Crippen LogP contribution is -2.08. The quantitative estimate of drug-likeness (QED) is 0.804. The zero-order valence-electron chi connectivity index (χ0n) is 9.90. The second kappa shape index (κ2) is 5.86. The highest BCUT2D eigenvalue weighted by molar-refractivity contribution is 5.21. The van der Waals surface area contributed by atoms with Gasteiger partial charge >= 0.3 is 0 Å². The van der Waals surface area contributed by atoms with Crippen LogP contribution >= 0.6 is 0 Å². The van der Waals surface area contributed by atoms with Crippen LogP contribution < -0.4 is 0 Å². The number of aromatic nitrogens is 1. The van der Waals surface area contributed by atoms with Crippen molar-refractivity contribution in [1.82, 2.24) is 4.98 Å². The largest absolute Gasteiger partial charge is 0.387 e. The summed E-state index contributed by atoms with van der Waals surface area (Å²) in [6, 6.07) is 3.97. The number of hydrogen-bond acceptors (Lipinski definition) is 2. The van der Waals surface area contributed by atoms with Crippen LogP contribution in [0, 0.1) is 5.92 Å². The predicted octanol–water partition coefficient (Wildman–Crippen LogP) is 3.11. The summed E-state index contributed by atoms with van der Waals surface area (Å²) in [5.41, 5.74) is 2.02. The molecule has 1 heterocycles. The van der Waals surface area contributed by atoms with Gasteiger partial charge in [0.05, 0.1) is 11.8 Å². The molecule has 0 fully saturated rings. The van der Waals surface area contributed by atoms with Crippen LogP contribution in [0.2, 0.25) is 0 Å². The van der Waals surface area contributed by atoms with Crippen LogP contribution in [-0.4, -0.2) is 10.1 Å². The molecule has 0 aliphatic carbocycles. The van der Waals surface area contributed by atoms with E-state index in [-0.39, 0.29) is 0 Å². The molecule has 15 heavy (non-hydrogen) atoms. The van der Waals surface area contributed by atoms with E-state index in [1.807, 2.05) is 12.1 Å². The zero-order valence-corrected chi connectivity index (χ0v) is 9.90. The van der Waals surface area contributed by atoms with Crippen LogP contribution in [0.25, 0.3) is 0 Å². The normalized spacial score (nSPS) is 14.9. The van der Waals surface area contributed by atoms with Gasteiger partial charge in [-0.2, -0.15) is 0 Å². The summed E-state index contributed by atoms with van der Waals surface area (Å²) in [4.78, 5) is 4.29. The third kappa shape index (κ3) is 3.31. The van der Waals surface area contributed by atoms with E-state index in [9.17, 15) is 5.11 Å². The van der Waals surface area contributed by atoms with E-state index in [1.165, 1.54) is 0 Å². The monoisotopic (exact) mass is 207 g/mol. The molecule has 1 aromatic rings. The number of pyridine rings is 1. The average Bonchev–Trinajstić information content (AvgIpc) is 2.28. The van der Waals surface area contributed by atoms with Gasteiger partial charge < -0.3 is 5.11 Å². The first-order valence-electron chi connectivity index (χ1n) is 5.80. The van der Waals surface area contributed by atoms with Crippen LogP contribution in [0.1, 0.15) is 51.0 Å². The minimum absolute atomic E-state index is 0.406. The maximum atomic E-state index is 10.1. The van der Waals surface area contributed by atoms with E-state index in [2.05, 4.69) is 25.8 Å². The second-order valence-electron chi connectivity index (χ2n) is 4.17. The average molecular weight is 207 g/mol. The first-order valence-corrected chi connectivity index (χ1v) is 5.80. The molecule has 0 aromatic carbocycles. The molecule has 0 saturated heterocycles. The van der Waals surface area contributed by atoms with E-state index in [4.69, 9.17) is 0 Å². The minimum atomic E-state index is -0.406. The second-order valence-corrected chi connectivity index (χ2v) is 4.17. The van der Waals surface area contributed by atoms with E-state index in [0.29, 0.717) is 5.92 Å². The Kier molecular flexibility index (Phi) is 4.76. The van der Waals surface area contributed by atoms with Crippen molar-refractivity contribution in [2.24, 2.45) is 5.92 Å². The standard InChI is InChI=1S/C13H21NO/c1-4-10(3)9-12(15)13-11(5-2)7-6-8-14-13/h6-8,10,12,15H,4-5,9H2,1-3H3. The van der Waals surface area contributed by atoms with Gasteiger partial charge in [-0.1, -0.05) is 33.3 Å². The number of aliphatic hydroxyl groups excluding tert-OH is 1. The highest BCUT2D eigenvalue weighted by Crippen LogP contribution is 2.23. The van der Waals surface area contributed by atoms with Gasteiger partial charge in [-0.05, 0) is 30.4 Å². The van der Waals surface area contributed by atoms with Crippen molar-refractivity contribution in [2.45, 2.75) is 46.1 Å². The molecule has 1 N–H and O–H groups in total. The molecule has 1 aromatic heterocycles. The van der Waals surface area contributed by atoms with E-state index in [1.54, 1.807) is 6.20 Å². The molecule has 0 saturated carbocycles. The molecule has 2 nitrogen and oxygen atoms in total. The van der Waals surface area contributed by atoms with E-state index >= 15 is 0 Å². The number of nitrogens with zero attached hydrogens (tertiary/aromatic N) is 1. The number of aliphatic hydroxyl groups is 1. The van der Waals surface area contributed by atoms with Crippen molar-refractivity contribution in [2.75, 3.05) is 0 Å². The number of aryl methyl sites for hydroxylation is 1. The van der Waals surface area contributed by atoms with Gasteiger partial charge in [0.25, 0.3) is 0 Å². The lowest BCUT2D eigenvalue weighted by atomic mass is 9.96. The fourth-order valence-corrected chi connectivity index (χ4v) is 1.71. The summed E-state index contributed by atoms with van der Waals surface area (Å²) >= 11 is 0. The third-order valence-corrected chi connectivity index (χ3v) is 2.95. The molecular formula is C13H21NO. The third-order valence-electron chi connectivity index (χ3n) is 2.95. The Morgan fingerprint density at radius 1 is 1.40 bits per heavy atom. The maximum Gasteiger partial charge on any atom is 0.0965 e. The topological polar surface area (TPSA) is 33.1 Å². The smallest absolute Gasteiger partial charge is 0.0965 e. The van der Waals surface area contributed by atoms with Crippen LogP contribution in [0.15, 0.2) is 18.3 Å². The molecule has 0 aliphatic rings. The molecule has 0 amide bonds. The highest BCUT2D eigenvalue weighted by atomic mass is 16.3. The van der Waals surface area contributed by atoms with Gasteiger partial charge in [-0.25, -0.2) is 0 Å². The van der Waals surface area contributed by atoms with Crippen molar-refractivity contribution in [1.29, 1.82) is 0 Å². The Balaban J connectivity index is 2.76. The van der Waals surface area contributed by atoms with Gasteiger partial charge in [0.2, 0.25) is 0 Å². The first-order chi connectivity index (χ1) is 7.19. The maximum absolute atomic E-state index is 10.1. The Hall–Kier alpha value is -0.890. The van der Waals surface area contributed by atoms with Crippen molar-refractivity contribution in [3.05, 3.63) is 29.6 Å². The molecule has 2 unspecified atom stereocenters. The summed E-state index contributed by atoms with van der Waals surface area (Å²) in [6.07, 6.45) is 4.19. The molecule has 1 rings (SSSR count). The van der Waals surface area contributed by atoms with Crippen molar-refractivity contribution >= 4 is 0 Å². The summed E-state index contributed by atoms with van der Waals surface area (Å²) in [6.45, 7) is 6.41. The van der Waals surface area contributed by atoms with Crippen molar-refractivity contribution in [3.8, 4) is 0 Å². The summed E-state index contributed by atoms with van der Waals surface area (Å²) < 4.78 is 0. The summed E-state index contributed by atoms with van der Waals surface area (Å²) in [5.74, 6) is 0.548. The molecule has 2 heteroatoms. The fourth-order valence-electron chi connectivity index (χ4n) is 1.71. The Labute approximate surface area is 92.4 Å². The minimum Gasteiger partial charge on any atom is -0.387 e. The van der Waals surface area contributed by atoms with Crippen molar-refractivity contribution in [3.63, 3.8) is 0 Å². The molecule has 2 atom stereocenters. The molecular weight excluding hydrogens is 186 g/mol. The SMILES string of the molecule is CCc1cccnc1C(O)CC(C)CC. The Morgan fingerprint density at radius 2 is 2.13 bits per heavy atom. The van der Waals surface area contributed by atoms with Crippen LogP contribution in [0.4, 0.5) is 0 Å². The van der Waals surface area contributed by atoms with Gasteiger partial charge in [0.1, 0.15) is 0 Å². The Bertz CT molecular complexity index is 298. The molecule has 0 aliphatic heterocycles. The molecule has 0 spiro atoms. The van der Waals surface area contributed by atoms with Gasteiger partial charge in [0, 0.05) is 6.20 Å². The highest BCUT2D eigenvalue weighted by Gasteiger charge is 2.15. The number of rotatable bonds is 5. The van der Waals surface area contributed by atoms with Crippen LogP contribution in [0.5, 0.6) is 0 Å². The summed E-state index contributed by atoms with van der Waals surface area (Å²) in [7, 11) is 0. The lowest BCUT2D eigenvalue weighted by Gasteiger charge is -2.16. The zero-order chi connectivity index (χ0) is 11.3. The lowest BCUT2D eigenvalue weighted by molar-refractivity contribution is 0.141. The van der Waals surface area contributed by atoms with E-state index < -0.39 is 6.10 Å². The summed E-state index contributed by atoms with van der Waals surface area (Å²) in [5, 5.41) is 10.1.